The third-order valence-electron chi connectivity index (χ3n) is 4.81. The Morgan fingerprint density at radius 3 is 2.52 bits per heavy atom. The minimum absolute atomic E-state index is 0.561. The number of hydrogen-bond donors (Lipinski definition) is 1. The summed E-state index contributed by atoms with van der Waals surface area (Å²) in [6.07, 6.45) is 5.16. The molecule has 1 N–H and O–H groups in total. The fourth-order valence-corrected chi connectivity index (χ4v) is 3.67. The van der Waals surface area contributed by atoms with Gasteiger partial charge in [0.1, 0.15) is 0 Å². The van der Waals surface area contributed by atoms with Gasteiger partial charge in [-0.3, -0.25) is 0 Å². The largest absolute Gasteiger partial charge is 0.493 e. The van der Waals surface area contributed by atoms with E-state index in [4.69, 9.17) is 9.47 Å². The third-order valence-corrected chi connectivity index (χ3v) is 4.81. The van der Waals surface area contributed by atoms with Crippen LogP contribution in [0.3, 0.4) is 0 Å². The Hall–Kier alpha value is -1.22. The standard InChI is InChI=1S/C18H29NO2/c1-5-19-16(15-8-6-7-13(15)2)11-14-9-10-17(20-3)18(12-14)21-4/h9-10,12-13,15-16,19H,5-8,11H2,1-4H3. The van der Waals surface area contributed by atoms with Crippen LogP contribution in [0.15, 0.2) is 18.2 Å². The molecule has 0 bridgehead atoms. The van der Waals surface area contributed by atoms with Crippen molar-refractivity contribution < 1.29 is 9.47 Å². The summed E-state index contributed by atoms with van der Waals surface area (Å²) in [4.78, 5) is 0. The Bertz CT molecular complexity index is 447. The van der Waals surface area contributed by atoms with Crippen molar-refractivity contribution in [3.05, 3.63) is 23.8 Å². The van der Waals surface area contributed by atoms with Gasteiger partial charge in [0.2, 0.25) is 0 Å². The molecule has 3 atom stereocenters. The van der Waals surface area contributed by atoms with Gasteiger partial charge in [0.05, 0.1) is 14.2 Å². The van der Waals surface area contributed by atoms with Gasteiger partial charge in [0, 0.05) is 6.04 Å². The Kier molecular flexibility index (Phi) is 5.92. The normalized spacial score (nSPS) is 23.0. The number of methoxy groups -OCH3 is 2. The van der Waals surface area contributed by atoms with E-state index in [2.05, 4.69) is 31.3 Å². The molecule has 3 nitrogen and oxygen atoms in total. The summed E-state index contributed by atoms with van der Waals surface area (Å²) in [5.74, 6) is 3.24. The molecule has 1 aromatic rings. The van der Waals surface area contributed by atoms with Gasteiger partial charge in [-0.15, -0.1) is 0 Å². The average molecular weight is 291 g/mol. The lowest BCUT2D eigenvalue weighted by Gasteiger charge is -2.28. The Labute approximate surface area is 129 Å². The van der Waals surface area contributed by atoms with Gasteiger partial charge in [-0.2, -0.15) is 0 Å². The first-order valence-electron chi connectivity index (χ1n) is 8.13. The van der Waals surface area contributed by atoms with E-state index < -0.39 is 0 Å². The van der Waals surface area contributed by atoms with Gasteiger partial charge in [0.15, 0.2) is 11.5 Å². The first-order chi connectivity index (χ1) is 10.2. The fourth-order valence-electron chi connectivity index (χ4n) is 3.67. The smallest absolute Gasteiger partial charge is 0.160 e. The van der Waals surface area contributed by atoms with E-state index in [1.807, 2.05) is 6.07 Å². The Morgan fingerprint density at radius 1 is 1.19 bits per heavy atom. The summed E-state index contributed by atoms with van der Waals surface area (Å²) in [7, 11) is 3.38. The van der Waals surface area contributed by atoms with Crippen molar-refractivity contribution in [2.24, 2.45) is 11.8 Å². The van der Waals surface area contributed by atoms with Crippen molar-refractivity contribution in [2.75, 3.05) is 20.8 Å². The molecule has 1 fully saturated rings. The third kappa shape index (κ3) is 3.91. The number of likely N-dealkylation sites (N-methyl/N-ethyl adjacent to an activating group) is 1. The van der Waals surface area contributed by atoms with Crippen LogP contribution in [-0.4, -0.2) is 26.8 Å². The molecule has 0 spiro atoms. The van der Waals surface area contributed by atoms with Gasteiger partial charge >= 0.3 is 0 Å². The highest BCUT2D eigenvalue weighted by atomic mass is 16.5. The quantitative estimate of drug-likeness (QED) is 0.831. The van der Waals surface area contributed by atoms with E-state index >= 15 is 0 Å². The van der Waals surface area contributed by atoms with Crippen LogP contribution in [0.25, 0.3) is 0 Å². The van der Waals surface area contributed by atoms with Crippen molar-refractivity contribution in [3.63, 3.8) is 0 Å². The first-order valence-corrected chi connectivity index (χ1v) is 8.13. The van der Waals surface area contributed by atoms with Crippen LogP contribution in [-0.2, 0) is 6.42 Å². The molecule has 1 saturated carbocycles. The minimum atomic E-state index is 0.561. The second kappa shape index (κ2) is 7.69. The molecule has 3 heteroatoms. The summed E-state index contributed by atoms with van der Waals surface area (Å²) in [6.45, 7) is 5.62. The topological polar surface area (TPSA) is 30.5 Å². The maximum absolute atomic E-state index is 5.42. The van der Waals surface area contributed by atoms with Crippen molar-refractivity contribution in [1.82, 2.24) is 5.32 Å². The zero-order valence-electron chi connectivity index (χ0n) is 13.8. The molecule has 0 amide bonds. The van der Waals surface area contributed by atoms with Crippen LogP contribution in [0, 0.1) is 11.8 Å². The van der Waals surface area contributed by atoms with E-state index in [0.717, 1.165) is 36.3 Å². The van der Waals surface area contributed by atoms with Crippen LogP contribution in [0.4, 0.5) is 0 Å². The monoisotopic (exact) mass is 291 g/mol. The molecule has 2 rings (SSSR count). The molecule has 0 saturated heterocycles. The van der Waals surface area contributed by atoms with E-state index in [9.17, 15) is 0 Å². The molecular weight excluding hydrogens is 262 g/mol. The summed E-state index contributed by atoms with van der Waals surface area (Å²) in [5, 5.41) is 3.70. The Morgan fingerprint density at radius 2 is 1.95 bits per heavy atom. The molecule has 0 aliphatic heterocycles. The summed E-state index contributed by atoms with van der Waals surface area (Å²) in [5.41, 5.74) is 1.32. The van der Waals surface area contributed by atoms with Crippen LogP contribution in [0.5, 0.6) is 11.5 Å². The van der Waals surface area contributed by atoms with Crippen molar-refractivity contribution in [3.8, 4) is 11.5 Å². The molecule has 1 aromatic carbocycles. The van der Waals surface area contributed by atoms with Crippen molar-refractivity contribution >= 4 is 0 Å². The van der Waals surface area contributed by atoms with Crippen LogP contribution in [0.1, 0.15) is 38.7 Å². The zero-order chi connectivity index (χ0) is 15.2. The Balaban J connectivity index is 2.12. The molecule has 1 aliphatic rings. The van der Waals surface area contributed by atoms with E-state index in [0.29, 0.717) is 6.04 Å². The molecule has 3 unspecified atom stereocenters. The lowest BCUT2D eigenvalue weighted by Crippen LogP contribution is -2.39. The highest BCUT2D eigenvalue weighted by molar-refractivity contribution is 5.43. The van der Waals surface area contributed by atoms with Gasteiger partial charge in [0.25, 0.3) is 0 Å². The van der Waals surface area contributed by atoms with Crippen molar-refractivity contribution in [1.29, 1.82) is 0 Å². The molecule has 0 radical (unpaired) electrons. The van der Waals surface area contributed by atoms with Gasteiger partial charge < -0.3 is 14.8 Å². The second-order valence-corrected chi connectivity index (χ2v) is 6.13. The SMILES string of the molecule is CCNC(Cc1ccc(OC)c(OC)c1)C1CCCC1C. The second-order valence-electron chi connectivity index (χ2n) is 6.13. The summed E-state index contributed by atoms with van der Waals surface area (Å²) >= 11 is 0. The lowest BCUT2D eigenvalue weighted by atomic mass is 9.86. The number of ether oxygens (including phenoxy) is 2. The molecule has 1 aliphatic carbocycles. The zero-order valence-corrected chi connectivity index (χ0v) is 13.8. The fraction of sp³-hybridized carbons (Fsp3) is 0.667. The highest BCUT2D eigenvalue weighted by Gasteiger charge is 2.30. The van der Waals surface area contributed by atoms with Crippen LogP contribution < -0.4 is 14.8 Å². The summed E-state index contributed by atoms with van der Waals surface area (Å²) in [6, 6.07) is 6.84. The van der Waals surface area contributed by atoms with Crippen molar-refractivity contribution in [2.45, 2.75) is 45.6 Å². The molecule has 0 aromatic heterocycles. The number of rotatable bonds is 7. The number of nitrogens with one attached hydrogen (secondary N) is 1. The lowest BCUT2D eigenvalue weighted by molar-refractivity contribution is 0.298. The molecular formula is C18H29NO2. The molecule has 118 valence electrons. The van der Waals surface area contributed by atoms with Crippen LogP contribution in [0.2, 0.25) is 0 Å². The summed E-state index contributed by atoms with van der Waals surface area (Å²) < 4.78 is 10.7. The predicted octanol–water partition coefficient (Wildman–Crippen LogP) is 3.66. The molecule has 21 heavy (non-hydrogen) atoms. The first kappa shape index (κ1) is 16.2. The van der Waals surface area contributed by atoms with Gasteiger partial charge in [-0.1, -0.05) is 32.8 Å². The van der Waals surface area contributed by atoms with E-state index in [1.165, 1.54) is 24.8 Å². The maximum atomic E-state index is 5.42. The average Bonchev–Trinajstić information content (AvgIpc) is 2.92. The maximum Gasteiger partial charge on any atom is 0.160 e. The van der Waals surface area contributed by atoms with E-state index in [-0.39, 0.29) is 0 Å². The van der Waals surface area contributed by atoms with Gasteiger partial charge in [-0.05, 0) is 48.9 Å². The van der Waals surface area contributed by atoms with E-state index in [1.54, 1.807) is 14.2 Å². The number of hydrogen-bond acceptors (Lipinski definition) is 3. The highest BCUT2D eigenvalue weighted by Crippen LogP contribution is 2.35. The minimum Gasteiger partial charge on any atom is -0.493 e. The predicted molar refractivity (Wildman–Crippen MR) is 87.2 cm³/mol. The number of benzene rings is 1. The van der Waals surface area contributed by atoms with Gasteiger partial charge in [-0.25, -0.2) is 0 Å². The molecule has 0 heterocycles. The van der Waals surface area contributed by atoms with Crippen LogP contribution >= 0.6 is 0 Å².